The lowest BCUT2D eigenvalue weighted by Crippen LogP contribution is -2.44. The first-order valence-corrected chi connectivity index (χ1v) is 10.0. The van der Waals surface area contributed by atoms with Crippen LogP contribution in [0.15, 0.2) is 42.6 Å². The van der Waals surface area contributed by atoms with E-state index in [9.17, 15) is 9.59 Å². The van der Waals surface area contributed by atoms with Crippen LogP contribution in [0.5, 0.6) is 0 Å². The molecule has 29 heavy (non-hydrogen) atoms. The van der Waals surface area contributed by atoms with Crippen LogP contribution in [0.1, 0.15) is 27.9 Å². The Morgan fingerprint density at radius 2 is 1.83 bits per heavy atom. The monoisotopic (exact) mass is 395 g/mol. The summed E-state index contributed by atoms with van der Waals surface area (Å²) in [7, 11) is 2.13. The van der Waals surface area contributed by atoms with Gasteiger partial charge in [0, 0.05) is 57.4 Å². The largest absolute Gasteiger partial charge is 0.354 e. The Kier molecular flexibility index (Phi) is 7.19. The molecule has 2 heterocycles. The first-order chi connectivity index (χ1) is 14.0. The highest BCUT2D eigenvalue weighted by Crippen LogP contribution is 2.14. The van der Waals surface area contributed by atoms with E-state index < -0.39 is 0 Å². The molecule has 7 nitrogen and oxygen atoms in total. The van der Waals surface area contributed by atoms with Gasteiger partial charge in [-0.3, -0.25) is 9.59 Å². The highest BCUT2D eigenvalue weighted by Gasteiger charge is 2.15. The molecule has 0 bridgehead atoms. The Morgan fingerprint density at radius 1 is 1.07 bits per heavy atom. The minimum absolute atomic E-state index is 0.0898. The summed E-state index contributed by atoms with van der Waals surface area (Å²) in [5.41, 5.74) is 2.58. The Bertz CT molecular complexity index is 847. The zero-order valence-corrected chi connectivity index (χ0v) is 17.1. The fraction of sp³-hybridized carbons (Fsp3) is 0.409. The number of anilines is 1. The lowest BCUT2D eigenvalue weighted by molar-refractivity contribution is -0.121. The molecule has 0 atom stereocenters. The van der Waals surface area contributed by atoms with Crippen molar-refractivity contribution in [1.82, 2.24) is 20.5 Å². The van der Waals surface area contributed by atoms with Gasteiger partial charge in [0.05, 0.1) is 0 Å². The normalized spacial score (nSPS) is 14.5. The number of nitrogens with zero attached hydrogens (tertiary/aromatic N) is 3. The van der Waals surface area contributed by atoms with E-state index in [2.05, 4.69) is 32.5 Å². The number of nitrogens with one attached hydrogen (secondary N) is 2. The molecule has 1 aliphatic heterocycles. The molecule has 0 spiro atoms. The fourth-order valence-corrected chi connectivity index (χ4v) is 3.28. The molecule has 2 aromatic rings. The number of carbonyl (C=O) groups is 2. The number of pyridine rings is 1. The van der Waals surface area contributed by atoms with E-state index in [1.807, 2.05) is 37.3 Å². The van der Waals surface area contributed by atoms with Crippen molar-refractivity contribution in [1.29, 1.82) is 0 Å². The van der Waals surface area contributed by atoms with Gasteiger partial charge in [-0.2, -0.15) is 0 Å². The molecule has 0 aliphatic carbocycles. The van der Waals surface area contributed by atoms with Crippen LogP contribution in [0.25, 0.3) is 0 Å². The van der Waals surface area contributed by atoms with Crippen LogP contribution in [-0.2, 0) is 11.3 Å². The van der Waals surface area contributed by atoms with E-state index in [-0.39, 0.29) is 18.2 Å². The second-order valence-corrected chi connectivity index (χ2v) is 7.41. The molecule has 0 radical (unpaired) electrons. The molecule has 2 amide bonds. The van der Waals surface area contributed by atoms with Gasteiger partial charge in [-0.15, -0.1) is 0 Å². The molecule has 1 saturated heterocycles. The fourth-order valence-electron chi connectivity index (χ4n) is 3.28. The summed E-state index contributed by atoms with van der Waals surface area (Å²) in [6.45, 7) is 6.62. The third-order valence-electron chi connectivity index (χ3n) is 5.15. The molecule has 0 unspecified atom stereocenters. The molecule has 1 aromatic carbocycles. The van der Waals surface area contributed by atoms with Gasteiger partial charge in [0.2, 0.25) is 5.91 Å². The zero-order valence-electron chi connectivity index (χ0n) is 17.1. The summed E-state index contributed by atoms with van der Waals surface area (Å²) in [5.74, 6) is 0.713. The standard InChI is InChI=1S/C22H29N5O2/c1-17-5-3-4-6-19(17)22(29)24-10-8-21(28)25-16-18-7-9-23-20(15-18)27-13-11-26(2)12-14-27/h3-7,9,15H,8,10-14,16H2,1-2H3,(H,24,29)(H,25,28). The molecule has 1 aromatic heterocycles. The van der Waals surface area contributed by atoms with Gasteiger partial charge in [-0.05, 0) is 43.3 Å². The Morgan fingerprint density at radius 3 is 2.59 bits per heavy atom. The van der Waals surface area contributed by atoms with Crippen molar-refractivity contribution in [2.24, 2.45) is 0 Å². The Balaban J connectivity index is 1.42. The molecular weight excluding hydrogens is 366 g/mol. The topological polar surface area (TPSA) is 77.6 Å². The molecule has 7 heteroatoms. The highest BCUT2D eigenvalue weighted by atomic mass is 16.2. The molecule has 3 rings (SSSR count). The zero-order chi connectivity index (χ0) is 20.6. The molecule has 1 fully saturated rings. The van der Waals surface area contributed by atoms with Crippen LogP contribution < -0.4 is 15.5 Å². The molecule has 0 saturated carbocycles. The maximum atomic E-state index is 12.2. The van der Waals surface area contributed by atoms with Crippen molar-refractivity contribution in [3.63, 3.8) is 0 Å². The molecule has 154 valence electrons. The Labute approximate surface area is 172 Å². The number of likely N-dealkylation sites (N-methyl/N-ethyl adjacent to an activating group) is 1. The number of hydrogen-bond acceptors (Lipinski definition) is 5. The predicted octanol–water partition coefficient (Wildman–Crippen LogP) is 1.58. The first kappa shape index (κ1) is 20.8. The van der Waals surface area contributed by atoms with Crippen molar-refractivity contribution in [3.05, 3.63) is 59.3 Å². The maximum absolute atomic E-state index is 12.2. The van der Waals surface area contributed by atoms with E-state index >= 15 is 0 Å². The van der Waals surface area contributed by atoms with Crippen LogP contribution >= 0.6 is 0 Å². The number of hydrogen-bond donors (Lipinski definition) is 2. The summed E-state index contributed by atoms with van der Waals surface area (Å²) >= 11 is 0. The quantitative estimate of drug-likeness (QED) is 0.744. The average molecular weight is 396 g/mol. The second-order valence-electron chi connectivity index (χ2n) is 7.41. The van der Waals surface area contributed by atoms with Crippen molar-refractivity contribution >= 4 is 17.6 Å². The van der Waals surface area contributed by atoms with E-state index in [1.165, 1.54) is 0 Å². The third kappa shape index (κ3) is 6.02. The number of carbonyl (C=O) groups excluding carboxylic acids is 2. The number of piperazine rings is 1. The Hall–Kier alpha value is -2.93. The van der Waals surface area contributed by atoms with E-state index in [1.54, 1.807) is 12.3 Å². The van der Waals surface area contributed by atoms with Gasteiger partial charge in [0.15, 0.2) is 0 Å². The van der Waals surface area contributed by atoms with Gasteiger partial charge in [-0.25, -0.2) is 4.98 Å². The number of aryl methyl sites for hydroxylation is 1. The van der Waals surface area contributed by atoms with Gasteiger partial charge in [-0.1, -0.05) is 18.2 Å². The minimum Gasteiger partial charge on any atom is -0.354 e. The number of amides is 2. The summed E-state index contributed by atoms with van der Waals surface area (Å²) in [5, 5.41) is 5.72. The van der Waals surface area contributed by atoms with E-state index in [0.717, 1.165) is 43.1 Å². The van der Waals surface area contributed by atoms with Crippen LogP contribution in [0, 0.1) is 6.92 Å². The molecular formula is C22H29N5O2. The van der Waals surface area contributed by atoms with Crippen LogP contribution in [0.3, 0.4) is 0 Å². The maximum Gasteiger partial charge on any atom is 0.251 e. The van der Waals surface area contributed by atoms with E-state index in [0.29, 0.717) is 18.7 Å². The summed E-state index contributed by atoms with van der Waals surface area (Å²) in [6.07, 6.45) is 2.03. The summed E-state index contributed by atoms with van der Waals surface area (Å²) in [6, 6.07) is 11.4. The summed E-state index contributed by atoms with van der Waals surface area (Å²) < 4.78 is 0. The highest BCUT2D eigenvalue weighted by molar-refractivity contribution is 5.95. The predicted molar refractivity (Wildman–Crippen MR) is 114 cm³/mol. The smallest absolute Gasteiger partial charge is 0.251 e. The van der Waals surface area contributed by atoms with E-state index in [4.69, 9.17) is 0 Å². The third-order valence-corrected chi connectivity index (χ3v) is 5.15. The second kappa shape index (κ2) is 10.0. The lowest BCUT2D eigenvalue weighted by atomic mass is 10.1. The lowest BCUT2D eigenvalue weighted by Gasteiger charge is -2.33. The van der Waals surface area contributed by atoms with Crippen LogP contribution in [-0.4, -0.2) is 61.5 Å². The SMILES string of the molecule is Cc1ccccc1C(=O)NCCC(=O)NCc1ccnc(N2CCN(C)CC2)c1. The number of rotatable bonds is 7. The van der Waals surface area contributed by atoms with Crippen molar-refractivity contribution in [2.45, 2.75) is 19.9 Å². The van der Waals surface area contributed by atoms with Crippen LogP contribution in [0.2, 0.25) is 0 Å². The number of benzene rings is 1. The average Bonchev–Trinajstić information content (AvgIpc) is 2.73. The van der Waals surface area contributed by atoms with Crippen LogP contribution in [0.4, 0.5) is 5.82 Å². The number of aromatic nitrogens is 1. The van der Waals surface area contributed by atoms with Crippen molar-refractivity contribution in [3.8, 4) is 0 Å². The van der Waals surface area contributed by atoms with Gasteiger partial charge >= 0.3 is 0 Å². The van der Waals surface area contributed by atoms with Gasteiger partial charge < -0.3 is 20.4 Å². The molecule has 2 N–H and O–H groups in total. The van der Waals surface area contributed by atoms with Gasteiger partial charge in [0.25, 0.3) is 5.91 Å². The minimum atomic E-state index is -0.151. The van der Waals surface area contributed by atoms with Crippen molar-refractivity contribution < 1.29 is 9.59 Å². The van der Waals surface area contributed by atoms with Gasteiger partial charge in [0.1, 0.15) is 5.82 Å². The summed E-state index contributed by atoms with van der Waals surface area (Å²) in [4.78, 5) is 33.3. The molecule has 1 aliphatic rings. The van der Waals surface area contributed by atoms with Crippen molar-refractivity contribution in [2.75, 3.05) is 44.7 Å². The first-order valence-electron chi connectivity index (χ1n) is 10.0.